The summed E-state index contributed by atoms with van der Waals surface area (Å²) in [6, 6.07) is 3.17. The molecule has 1 heterocycles. The van der Waals surface area contributed by atoms with Crippen molar-refractivity contribution in [1.82, 2.24) is 10.6 Å². The van der Waals surface area contributed by atoms with E-state index in [2.05, 4.69) is 15.6 Å². The lowest BCUT2D eigenvalue weighted by Gasteiger charge is -2.32. The quantitative estimate of drug-likeness (QED) is 0.517. The number of nitrogens with zero attached hydrogens (tertiary/aromatic N) is 1. The van der Waals surface area contributed by atoms with Gasteiger partial charge in [0.15, 0.2) is 5.96 Å². The van der Waals surface area contributed by atoms with Crippen molar-refractivity contribution in [3.8, 4) is 0 Å². The zero-order valence-electron chi connectivity index (χ0n) is 13.9. The number of nitrogens with one attached hydrogen (secondary N) is 2. The van der Waals surface area contributed by atoms with Gasteiger partial charge in [-0.2, -0.15) is 13.2 Å². The number of halogens is 4. The standard InChI is InChI=1S/C16H23ClF3N3OS/c1-2-21-15(22-9-12(24)13-6-7-14(17)25-13)23-11-5-3-4-10(8-11)16(18,19)20/h6-7,10-12,24H,2-5,8-9H2,1H3,(H2,21,22,23). The van der Waals surface area contributed by atoms with Gasteiger partial charge in [-0.3, -0.25) is 4.99 Å². The second kappa shape index (κ2) is 9.09. The Kier molecular flexibility index (Phi) is 7.39. The van der Waals surface area contributed by atoms with Crippen LogP contribution < -0.4 is 10.6 Å². The van der Waals surface area contributed by atoms with E-state index < -0.39 is 18.2 Å². The molecule has 25 heavy (non-hydrogen) atoms. The SMILES string of the molecule is CCNC(=NCC(O)c1ccc(Cl)s1)NC1CCCC(C(F)(F)F)C1. The summed E-state index contributed by atoms with van der Waals surface area (Å²) in [6.07, 6.45) is -3.48. The Balaban J connectivity index is 1.95. The van der Waals surface area contributed by atoms with Gasteiger partial charge in [-0.15, -0.1) is 11.3 Å². The molecule has 3 unspecified atom stereocenters. The molecule has 142 valence electrons. The fraction of sp³-hybridized carbons (Fsp3) is 0.688. The van der Waals surface area contributed by atoms with Gasteiger partial charge < -0.3 is 15.7 Å². The Morgan fingerprint density at radius 2 is 2.20 bits per heavy atom. The third-order valence-electron chi connectivity index (χ3n) is 4.17. The lowest BCUT2D eigenvalue weighted by atomic mass is 9.85. The Bertz CT molecular complexity index is 579. The van der Waals surface area contributed by atoms with Crippen LogP contribution in [0, 0.1) is 5.92 Å². The summed E-state index contributed by atoms with van der Waals surface area (Å²) in [4.78, 5) is 5.01. The molecule has 2 rings (SSSR count). The van der Waals surface area contributed by atoms with Crippen LogP contribution in [-0.2, 0) is 0 Å². The van der Waals surface area contributed by atoms with Crippen LogP contribution in [0.3, 0.4) is 0 Å². The number of hydrogen-bond acceptors (Lipinski definition) is 3. The van der Waals surface area contributed by atoms with Gasteiger partial charge in [0.05, 0.1) is 16.8 Å². The summed E-state index contributed by atoms with van der Waals surface area (Å²) in [7, 11) is 0. The number of thiophene rings is 1. The molecule has 1 aromatic rings. The molecular weight excluding hydrogens is 375 g/mol. The van der Waals surface area contributed by atoms with E-state index in [4.69, 9.17) is 11.6 Å². The Hall–Kier alpha value is -0.990. The summed E-state index contributed by atoms with van der Waals surface area (Å²) in [6.45, 7) is 2.58. The molecule has 3 atom stereocenters. The average Bonchev–Trinajstić information content (AvgIpc) is 2.98. The van der Waals surface area contributed by atoms with E-state index in [0.29, 0.717) is 34.6 Å². The van der Waals surface area contributed by atoms with Gasteiger partial charge >= 0.3 is 6.18 Å². The van der Waals surface area contributed by atoms with Gasteiger partial charge in [0, 0.05) is 17.5 Å². The average molecular weight is 398 g/mol. The van der Waals surface area contributed by atoms with E-state index in [-0.39, 0.29) is 25.4 Å². The van der Waals surface area contributed by atoms with Gasteiger partial charge in [0.1, 0.15) is 6.10 Å². The van der Waals surface area contributed by atoms with Gasteiger partial charge in [-0.05, 0) is 38.3 Å². The number of hydrogen-bond donors (Lipinski definition) is 3. The van der Waals surface area contributed by atoms with Crippen LogP contribution in [0.2, 0.25) is 4.34 Å². The first kappa shape index (κ1) is 20.3. The number of alkyl halides is 3. The van der Waals surface area contributed by atoms with E-state index in [1.54, 1.807) is 12.1 Å². The minimum Gasteiger partial charge on any atom is -0.386 e. The van der Waals surface area contributed by atoms with Gasteiger partial charge in [-0.25, -0.2) is 0 Å². The Morgan fingerprint density at radius 3 is 2.80 bits per heavy atom. The molecule has 0 spiro atoms. The first-order valence-electron chi connectivity index (χ1n) is 8.34. The molecule has 3 N–H and O–H groups in total. The number of aliphatic hydroxyl groups excluding tert-OH is 1. The Labute approximate surface area is 154 Å². The fourth-order valence-electron chi connectivity index (χ4n) is 2.91. The number of aliphatic hydroxyl groups is 1. The van der Waals surface area contributed by atoms with E-state index in [0.717, 1.165) is 0 Å². The lowest BCUT2D eigenvalue weighted by Crippen LogP contribution is -2.47. The minimum absolute atomic E-state index is 0.0526. The van der Waals surface area contributed by atoms with Crippen LogP contribution in [0.25, 0.3) is 0 Å². The molecule has 4 nitrogen and oxygen atoms in total. The van der Waals surface area contributed by atoms with E-state index >= 15 is 0 Å². The van der Waals surface area contributed by atoms with Crippen molar-refractivity contribution in [2.75, 3.05) is 13.1 Å². The summed E-state index contributed by atoms with van der Waals surface area (Å²) in [5.41, 5.74) is 0. The smallest absolute Gasteiger partial charge is 0.386 e. The topological polar surface area (TPSA) is 56.7 Å². The van der Waals surface area contributed by atoms with E-state index in [9.17, 15) is 18.3 Å². The highest BCUT2D eigenvalue weighted by Crippen LogP contribution is 2.37. The Morgan fingerprint density at radius 1 is 1.44 bits per heavy atom. The second-order valence-corrected chi connectivity index (χ2v) is 7.87. The molecule has 1 aliphatic rings. The third-order valence-corrected chi connectivity index (χ3v) is 5.50. The lowest BCUT2D eigenvalue weighted by molar-refractivity contribution is -0.183. The van der Waals surface area contributed by atoms with Crippen molar-refractivity contribution in [3.05, 3.63) is 21.3 Å². The molecule has 0 aromatic carbocycles. The maximum absolute atomic E-state index is 12.9. The largest absolute Gasteiger partial charge is 0.391 e. The molecular formula is C16H23ClF3N3OS. The fourth-order valence-corrected chi connectivity index (χ4v) is 3.94. The minimum atomic E-state index is -4.15. The van der Waals surface area contributed by atoms with Gasteiger partial charge in [-0.1, -0.05) is 18.0 Å². The summed E-state index contributed by atoms with van der Waals surface area (Å²) in [5, 5.41) is 16.2. The first-order chi connectivity index (χ1) is 11.8. The molecule has 0 bridgehead atoms. The molecule has 1 fully saturated rings. The first-order valence-corrected chi connectivity index (χ1v) is 9.54. The molecule has 1 aromatic heterocycles. The van der Waals surface area contributed by atoms with Crippen LogP contribution in [0.5, 0.6) is 0 Å². The summed E-state index contributed by atoms with van der Waals surface area (Å²) < 4.78 is 39.4. The molecule has 0 aliphatic heterocycles. The monoisotopic (exact) mass is 397 g/mol. The van der Waals surface area contributed by atoms with Crippen LogP contribution >= 0.6 is 22.9 Å². The maximum Gasteiger partial charge on any atom is 0.391 e. The van der Waals surface area contributed by atoms with Gasteiger partial charge in [0.25, 0.3) is 0 Å². The zero-order valence-corrected chi connectivity index (χ0v) is 15.5. The van der Waals surface area contributed by atoms with Crippen molar-refractivity contribution >= 4 is 28.9 Å². The summed E-state index contributed by atoms with van der Waals surface area (Å²) in [5.74, 6) is -0.836. The molecule has 1 saturated carbocycles. The van der Waals surface area contributed by atoms with Crippen LogP contribution in [0.1, 0.15) is 43.6 Å². The van der Waals surface area contributed by atoms with Crippen LogP contribution in [0.15, 0.2) is 17.1 Å². The molecule has 0 saturated heterocycles. The van der Waals surface area contributed by atoms with Crippen molar-refractivity contribution < 1.29 is 18.3 Å². The van der Waals surface area contributed by atoms with Crippen molar-refractivity contribution in [2.24, 2.45) is 10.9 Å². The van der Waals surface area contributed by atoms with Crippen LogP contribution in [0.4, 0.5) is 13.2 Å². The van der Waals surface area contributed by atoms with Crippen molar-refractivity contribution in [3.63, 3.8) is 0 Å². The highest BCUT2D eigenvalue weighted by Gasteiger charge is 2.42. The maximum atomic E-state index is 12.9. The van der Waals surface area contributed by atoms with E-state index in [1.807, 2.05) is 6.92 Å². The highest BCUT2D eigenvalue weighted by molar-refractivity contribution is 7.16. The van der Waals surface area contributed by atoms with Gasteiger partial charge in [0.2, 0.25) is 0 Å². The van der Waals surface area contributed by atoms with Crippen LogP contribution in [-0.4, -0.2) is 36.4 Å². The number of rotatable bonds is 5. The number of guanidine groups is 1. The highest BCUT2D eigenvalue weighted by atomic mass is 35.5. The molecule has 0 amide bonds. The normalized spacial score (nSPS) is 23.4. The van der Waals surface area contributed by atoms with Crippen molar-refractivity contribution in [1.29, 1.82) is 0 Å². The molecule has 0 radical (unpaired) electrons. The van der Waals surface area contributed by atoms with E-state index in [1.165, 1.54) is 11.3 Å². The predicted molar refractivity (Wildman–Crippen MR) is 95.2 cm³/mol. The second-order valence-electron chi connectivity index (χ2n) is 6.12. The number of aliphatic imine (C=N–C) groups is 1. The summed E-state index contributed by atoms with van der Waals surface area (Å²) >= 11 is 7.13. The third kappa shape index (κ3) is 6.34. The predicted octanol–water partition coefficient (Wildman–Crippen LogP) is 4.11. The van der Waals surface area contributed by atoms with Crippen molar-refractivity contribution in [2.45, 2.75) is 50.9 Å². The molecule has 9 heteroatoms. The molecule has 1 aliphatic carbocycles. The zero-order chi connectivity index (χ0) is 18.4.